The van der Waals surface area contributed by atoms with Crippen molar-refractivity contribution in [3.05, 3.63) is 47.3 Å². The molecule has 15 heavy (non-hydrogen) atoms. The van der Waals surface area contributed by atoms with Gasteiger partial charge in [-0.1, -0.05) is 6.92 Å². The Morgan fingerprint density at radius 3 is 2.73 bits per heavy atom. The Labute approximate surface area is 88.9 Å². The van der Waals surface area contributed by atoms with E-state index < -0.39 is 0 Å². The van der Waals surface area contributed by atoms with Gasteiger partial charge in [-0.2, -0.15) is 0 Å². The molecule has 2 rings (SSSR count). The van der Waals surface area contributed by atoms with E-state index in [2.05, 4.69) is 6.92 Å². The Morgan fingerprint density at radius 1 is 1.40 bits per heavy atom. The molecule has 0 aliphatic heterocycles. The summed E-state index contributed by atoms with van der Waals surface area (Å²) in [4.78, 5) is 0. The first kappa shape index (κ1) is 10.1. The first-order chi connectivity index (χ1) is 7.20. The van der Waals surface area contributed by atoms with Crippen molar-refractivity contribution in [1.82, 2.24) is 0 Å². The summed E-state index contributed by atoms with van der Waals surface area (Å²) in [6.07, 6.45) is 2.56. The summed E-state index contributed by atoms with van der Waals surface area (Å²) >= 11 is 0. The van der Waals surface area contributed by atoms with E-state index in [1.54, 1.807) is 6.26 Å². The average molecular weight is 205 g/mol. The second-order valence-electron chi connectivity index (χ2n) is 3.63. The van der Waals surface area contributed by atoms with Crippen molar-refractivity contribution in [3.63, 3.8) is 0 Å². The summed E-state index contributed by atoms with van der Waals surface area (Å²) in [5.41, 5.74) is 6.99. The third-order valence-corrected chi connectivity index (χ3v) is 2.45. The van der Waals surface area contributed by atoms with Gasteiger partial charge in [-0.05, 0) is 25.1 Å². The van der Waals surface area contributed by atoms with Gasteiger partial charge in [0.1, 0.15) is 17.3 Å². The standard InChI is InChI=1S/C12H15NO2/c1-3-10-4-5-11(15-10)12(13)9-6-8(2)14-7-9/h4-7,12H,3,13H2,1-2H3. The maximum absolute atomic E-state index is 6.04. The SMILES string of the molecule is CCc1ccc(C(N)c2coc(C)c2)o1. The summed E-state index contributed by atoms with van der Waals surface area (Å²) in [5, 5.41) is 0. The minimum atomic E-state index is -0.234. The van der Waals surface area contributed by atoms with Gasteiger partial charge in [0, 0.05) is 12.0 Å². The summed E-state index contributed by atoms with van der Waals surface area (Å²) < 4.78 is 10.8. The second-order valence-corrected chi connectivity index (χ2v) is 3.63. The Bertz CT molecular complexity index is 442. The molecule has 1 unspecified atom stereocenters. The lowest BCUT2D eigenvalue weighted by Gasteiger charge is -2.04. The van der Waals surface area contributed by atoms with E-state index in [1.165, 1.54) is 0 Å². The molecular weight excluding hydrogens is 190 g/mol. The smallest absolute Gasteiger partial charge is 0.125 e. The normalized spacial score (nSPS) is 13.0. The van der Waals surface area contributed by atoms with Gasteiger partial charge in [-0.3, -0.25) is 0 Å². The molecule has 0 fully saturated rings. The molecule has 2 heterocycles. The van der Waals surface area contributed by atoms with Crippen molar-refractivity contribution in [2.45, 2.75) is 26.3 Å². The van der Waals surface area contributed by atoms with Gasteiger partial charge in [0.25, 0.3) is 0 Å². The summed E-state index contributed by atoms with van der Waals surface area (Å²) in [6, 6.07) is 5.58. The molecule has 2 aromatic heterocycles. The van der Waals surface area contributed by atoms with Crippen LogP contribution in [0.5, 0.6) is 0 Å². The van der Waals surface area contributed by atoms with Gasteiger partial charge >= 0.3 is 0 Å². The van der Waals surface area contributed by atoms with Crippen LogP contribution in [0.4, 0.5) is 0 Å². The first-order valence-electron chi connectivity index (χ1n) is 5.10. The number of rotatable bonds is 3. The van der Waals surface area contributed by atoms with Crippen LogP contribution in [0.1, 0.15) is 35.8 Å². The number of furan rings is 2. The van der Waals surface area contributed by atoms with E-state index in [-0.39, 0.29) is 6.04 Å². The van der Waals surface area contributed by atoms with E-state index in [0.717, 1.165) is 29.3 Å². The number of nitrogens with two attached hydrogens (primary N) is 1. The van der Waals surface area contributed by atoms with Crippen LogP contribution in [0.15, 0.2) is 33.3 Å². The number of hydrogen-bond acceptors (Lipinski definition) is 3. The largest absolute Gasteiger partial charge is 0.469 e. The summed E-state index contributed by atoms with van der Waals surface area (Å²) in [5.74, 6) is 2.61. The van der Waals surface area contributed by atoms with Crippen LogP contribution in [0.3, 0.4) is 0 Å². The monoisotopic (exact) mass is 205 g/mol. The zero-order valence-electron chi connectivity index (χ0n) is 8.99. The molecule has 3 heteroatoms. The zero-order chi connectivity index (χ0) is 10.8. The van der Waals surface area contributed by atoms with Gasteiger partial charge in [0.2, 0.25) is 0 Å². The molecule has 0 aromatic carbocycles. The van der Waals surface area contributed by atoms with Gasteiger partial charge in [-0.15, -0.1) is 0 Å². The fraction of sp³-hybridized carbons (Fsp3) is 0.333. The van der Waals surface area contributed by atoms with E-state index in [0.29, 0.717) is 0 Å². The fourth-order valence-electron chi connectivity index (χ4n) is 1.54. The van der Waals surface area contributed by atoms with Crippen molar-refractivity contribution < 1.29 is 8.83 Å². The Balaban J connectivity index is 2.23. The van der Waals surface area contributed by atoms with Gasteiger partial charge < -0.3 is 14.6 Å². The minimum absolute atomic E-state index is 0.234. The highest BCUT2D eigenvalue weighted by molar-refractivity contribution is 5.25. The molecule has 0 spiro atoms. The Morgan fingerprint density at radius 2 is 2.20 bits per heavy atom. The molecule has 0 radical (unpaired) electrons. The van der Waals surface area contributed by atoms with E-state index in [1.807, 2.05) is 25.1 Å². The van der Waals surface area contributed by atoms with Crippen molar-refractivity contribution >= 4 is 0 Å². The summed E-state index contributed by atoms with van der Waals surface area (Å²) in [6.45, 7) is 3.95. The minimum Gasteiger partial charge on any atom is -0.469 e. The lowest BCUT2D eigenvalue weighted by Crippen LogP contribution is -2.09. The predicted molar refractivity (Wildman–Crippen MR) is 57.6 cm³/mol. The number of aryl methyl sites for hydroxylation is 2. The van der Waals surface area contributed by atoms with E-state index in [4.69, 9.17) is 14.6 Å². The van der Waals surface area contributed by atoms with Gasteiger partial charge in [0.15, 0.2) is 0 Å². The quantitative estimate of drug-likeness (QED) is 0.838. The third kappa shape index (κ3) is 1.97. The van der Waals surface area contributed by atoms with Crippen molar-refractivity contribution in [1.29, 1.82) is 0 Å². The molecule has 0 aliphatic rings. The molecule has 2 aromatic rings. The molecule has 0 bridgehead atoms. The van der Waals surface area contributed by atoms with Crippen LogP contribution in [0.25, 0.3) is 0 Å². The van der Waals surface area contributed by atoms with Crippen LogP contribution < -0.4 is 5.73 Å². The van der Waals surface area contributed by atoms with Gasteiger partial charge in [0.05, 0.1) is 12.3 Å². The molecule has 0 amide bonds. The molecule has 3 nitrogen and oxygen atoms in total. The Kier molecular flexibility index (Phi) is 2.64. The molecular formula is C12H15NO2. The lowest BCUT2D eigenvalue weighted by molar-refractivity contribution is 0.451. The first-order valence-corrected chi connectivity index (χ1v) is 5.10. The third-order valence-electron chi connectivity index (χ3n) is 2.45. The number of hydrogen-bond donors (Lipinski definition) is 1. The highest BCUT2D eigenvalue weighted by Gasteiger charge is 2.14. The summed E-state index contributed by atoms with van der Waals surface area (Å²) in [7, 11) is 0. The topological polar surface area (TPSA) is 52.3 Å². The zero-order valence-corrected chi connectivity index (χ0v) is 8.99. The second kappa shape index (κ2) is 3.95. The predicted octanol–water partition coefficient (Wildman–Crippen LogP) is 2.79. The molecule has 80 valence electrons. The highest BCUT2D eigenvalue weighted by Crippen LogP contribution is 2.23. The fourth-order valence-corrected chi connectivity index (χ4v) is 1.54. The maximum atomic E-state index is 6.04. The average Bonchev–Trinajstić information content (AvgIpc) is 2.84. The Hall–Kier alpha value is -1.48. The van der Waals surface area contributed by atoms with Crippen LogP contribution in [-0.2, 0) is 6.42 Å². The van der Waals surface area contributed by atoms with Crippen molar-refractivity contribution in [3.8, 4) is 0 Å². The van der Waals surface area contributed by atoms with Crippen LogP contribution in [0, 0.1) is 6.92 Å². The van der Waals surface area contributed by atoms with Crippen molar-refractivity contribution in [2.75, 3.05) is 0 Å². The lowest BCUT2D eigenvalue weighted by atomic mass is 10.1. The van der Waals surface area contributed by atoms with E-state index >= 15 is 0 Å². The van der Waals surface area contributed by atoms with Crippen LogP contribution >= 0.6 is 0 Å². The maximum Gasteiger partial charge on any atom is 0.125 e. The molecule has 0 saturated heterocycles. The van der Waals surface area contributed by atoms with Crippen LogP contribution in [-0.4, -0.2) is 0 Å². The molecule has 2 N–H and O–H groups in total. The highest BCUT2D eigenvalue weighted by atomic mass is 16.3. The van der Waals surface area contributed by atoms with Crippen molar-refractivity contribution in [2.24, 2.45) is 5.73 Å². The van der Waals surface area contributed by atoms with Gasteiger partial charge in [-0.25, -0.2) is 0 Å². The van der Waals surface area contributed by atoms with E-state index in [9.17, 15) is 0 Å². The molecule has 0 aliphatic carbocycles. The van der Waals surface area contributed by atoms with Crippen LogP contribution in [0.2, 0.25) is 0 Å². The molecule has 1 atom stereocenters. The molecule has 0 saturated carbocycles.